The van der Waals surface area contributed by atoms with Gasteiger partial charge in [-0.1, -0.05) is 13.8 Å². The lowest BCUT2D eigenvalue weighted by Crippen LogP contribution is -2.36. The summed E-state index contributed by atoms with van der Waals surface area (Å²) in [6.45, 7) is 4.42. The third kappa shape index (κ3) is 5.42. The van der Waals surface area contributed by atoms with Crippen LogP contribution >= 0.6 is 0 Å². The van der Waals surface area contributed by atoms with Crippen molar-refractivity contribution in [3.8, 4) is 6.07 Å². The minimum Gasteiger partial charge on any atom is -0.354 e. The second-order valence-corrected chi connectivity index (χ2v) is 9.01. The van der Waals surface area contributed by atoms with Crippen LogP contribution in [0.4, 0.5) is 0 Å². The Morgan fingerprint density at radius 3 is 2.46 bits per heavy atom. The van der Waals surface area contributed by atoms with Crippen LogP contribution in [0.25, 0.3) is 0 Å². The molecule has 2 rings (SSSR count). The zero-order chi connectivity index (χ0) is 20.7. The summed E-state index contributed by atoms with van der Waals surface area (Å²) in [4.78, 5) is 24.3. The van der Waals surface area contributed by atoms with Crippen LogP contribution in [0.1, 0.15) is 39.5 Å². The van der Waals surface area contributed by atoms with E-state index in [0.717, 1.165) is 30.3 Å². The molecule has 0 saturated heterocycles. The fourth-order valence-electron chi connectivity index (χ4n) is 3.46. The van der Waals surface area contributed by atoms with Crippen LogP contribution in [0.3, 0.4) is 0 Å². The second-order valence-electron chi connectivity index (χ2n) is 7.07. The number of hydrogen-bond acceptors (Lipinski definition) is 5. The minimum atomic E-state index is -3.70. The molecule has 1 aromatic rings. The zero-order valence-electron chi connectivity index (χ0n) is 16.4. The van der Waals surface area contributed by atoms with Crippen LogP contribution in [-0.4, -0.2) is 42.8 Å². The Balaban J connectivity index is 2.01. The number of amides is 1. The number of nitrogens with one attached hydrogen (secondary N) is 1. The van der Waals surface area contributed by atoms with E-state index in [4.69, 9.17) is 5.26 Å². The van der Waals surface area contributed by atoms with E-state index in [9.17, 15) is 18.0 Å². The van der Waals surface area contributed by atoms with Gasteiger partial charge in [0.05, 0.1) is 11.0 Å². The minimum absolute atomic E-state index is 0.00146. The monoisotopic (exact) mass is 408 g/mol. The lowest BCUT2D eigenvalue weighted by molar-refractivity contribution is -0.122. The van der Waals surface area contributed by atoms with Gasteiger partial charge in [-0.05, 0) is 37.7 Å². The molecule has 0 atom stereocenters. The van der Waals surface area contributed by atoms with E-state index in [2.05, 4.69) is 11.4 Å². The molecule has 9 heteroatoms. The van der Waals surface area contributed by atoms with Gasteiger partial charge in [0.15, 0.2) is 0 Å². The Kier molecular flexibility index (Phi) is 7.78. The lowest BCUT2D eigenvalue weighted by Gasteiger charge is -2.24. The van der Waals surface area contributed by atoms with Crippen molar-refractivity contribution in [2.45, 2.75) is 51.0 Å². The predicted molar refractivity (Wildman–Crippen MR) is 105 cm³/mol. The number of carbonyl (C=O) groups excluding carboxylic acids is 1. The summed E-state index contributed by atoms with van der Waals surface area (Å²) in [6.07, 6.45) is 4.73. The van der Waals surface area contributed by atoms with Crippen molar-refractivity contribution in [2.24, 2.45) is 11.8 Å². The standard InChI is InChI=1S/C19H28N4O4S/c1-3-23(4-2)28(26,27)17-9-10-19(25)22(13-17)14-18(24)21-12-16-7-5-15(11-20)6-8-16/h9-10,13,15-16H,3-8,12,14H2,1-2H3,(H,21,24). The van der Waals surface area contributed by atoms with Crippen LogP contribution < -0.4 is 10.9 Å². The predicted octanol–water partition coefficient (Wildman–Crippen LogP) is 1.32. The third-order valence-electron chi connectivity index (χ3n) is 5.23. The third-order valence-corrected chi connectivity index (χ3v) is 7.26. The highest BCUT2D eigenvalue weighted by Gasteiger charge is 2.23. The molecule has 0 bridgehead atoms. The molecule has 1 fully saturated rings. The van der Waals surface area contributed by atoms with E-state index in [1.54, 1.807) is 13.8 Å². The maximum atomic E-state index is 12.6. The molecular formula is C19H28N4O4S. The number of pyridine rings is 1. The van der Waals surface area contributed by atoms with Crippen molar-refractivity contribution >= 4 is 15.9 Å². The van der Waals surface area contributed by atoms with Crippen LogP contribution in [0.15, 0.2) is 28.0 Å². The number of hydrogen-bond donors (Lipinski definition) is 1. The van der Waals surface area contributed by atoms with E-state index >= 15 is 0 Å². The summed E-state index contributed by atoms with van der Waals surface area (Å²) in [5.41, 5.74) is -0.428. The first-order valence-corrected chi connectivity index (χ1v) is 11.1. The number of sulfonamides is 1. The first kappa shape index (κ1) is 22.1. The topological polar surface area (TPSA) is 112 Å². The maximum Gasteiger partial charge on any atom is 0.251 e. The van der Waals surface area contributed by atoms with Crippen molar-refractivity contribution in [3.63, 3.8) is 0 Å². The highest BCUT2D eigenvalue weighted by atomic mass is 32.2. The number of carbonyl (C=O) groups is 1. The van der Waals surface area contributed by atoms with Crippen molar-refractivity contribution < 1.29 is 13.2 Å². The molecule has 1 N–H and O–H groups in total. The summed E-state index contributed by atoms with van der Waals surface area (Å²) in [5, 5.41) is 11.8. The lowest BCUT2D eigenvalue weighted by atomic mass is 9.83. The first-order valence-electron chi connectivity index (χ1n) is 9.68. The van der Waals surface area contributed by atoms with Gasteiger partial charge < -0.3 is 9.88 Å². The molecule has 0 spiro atoms. The highest BCUT2D eigenvalue weighted by Crippen LogP contribution is 2.27. The highest BCUT2D eigenvalue weighted by molar-refractivity contribution is 7.89. The quantitative estimate of drug-likeness (QED) is 0.697. The molecule has 1 saturated carbocycles. The summed E-state index contributed by atoms with van der Waals surface area (Å²) in [7, 11) is -3.70. The molecule has 1 amide bonds. The molecule has 1 heterocycles. The molecular weight excluding hydrogens is 380 g/mol. The summed E-state index contributed by atoms with van der Waals surface area (Å²) < 4.78 is 27.7. The van der Waals surface area contributed by atoms with E-state index < -0.39 is 15.6 Å². The van der Waals surface area contributed by atoms with Crippen molar-refractivity contribution in [1.82, 2.24) is 14.2 Å². The summed E-state index contributed by atoms with van der Waals surface area (Å²) in [5.74, 6) is 0.113. The van der Waals surface area contributed by atoms with Crippen molar-refractivity contribution in [1.29, 1.82) is 5.26 Å². The van der Waals surface area contributed by atoms with Crippen LogP contribution in [0.5, 0.6) is 0 Å². The molecule has 0 radical (unpaired) electrons. The molecule has 1 aromatic heterocycles. The average molecular weight is 409 g/mol. The Morgan fingerprint density at radius 1 is 1.25 bits per heavy atom. The van der Waals surface area contributed by atoms with Crippen LogP contribution in [-0.2, 0) is 21.4 Å². The van der Waals surface area contributed by atoms with Crippen molar-refractivity contribution in [3.05, 3.63) is 28.7 Å². The van der Waals surface area contributed by atoms with Gasteiger partial charge in [-0.2, -0.15) is 9.57 Å². The SMILES string of the molecule is CCN(CC)S(=O)(=O)c1ccc(=O)n(CC(=O)NCC2CCC(C#N)CC2)c1. The number of rotatable bonds is 8. The zero-order valence-corrected chi connectivity index (χ0v) is 17.2. The smallest absolute Gasteiger partial charge is 0.251 e. The molecule has 0 unspecified atom stereocenters. The van der Waals surface area contributed by atoms with Gasteiger partial charge in [-0.25, -0.2) is 8.42 Å². The number of aromatic nitrogens is 1. The van der Waals surface area contributed by atoms with E-state index in [1.165, 1.54) is 22.6 Å². The molecule has 28 heavy (non-hydrogen) atoms. The summed E-state index contributed by atoms with van der Waals surface area (Å²) in [6, 6.07) is 4.73. The fourth-order valence-corrected chi connectivity index (χ4v) is 4.94. The van der Waals surface area contributed by atoms with Gasteiger partial charge in [0, 0.05) is 37.8 Å². The van der Waals surface area contributed by atoms with Crippen LogP contribution in [0.2, 0.25) is 0 Å². The fraction of sp³-hybridized carbons (Fsp3) is 0.632. The van der Waals surface area contributed by atoms with E-state index in [1.807, 2.05) is 0 Å². The number of nitriles is 1. The molecule has 0 aliphatic heterocycles. The van der Waals surface area contributed by atoms with E-state index in [-0.39, 0.29) is 23.3 Å². The van der Waals surface area contributed by atoms with Crippen LogP contribution in [0, 0.1) is 23.2 Å². The van der Waals surface area contributed by atoms with Gasteiger partial charge in [0.1, 0.15) is 6.54 Å². The van der Waals surface area contributed by atoms with Crippen molar-refractivity contribution in [2.75, 3.05) is 19.6 Å². The Labute approximate surface area is 166 Å². The molecule has 0 aromatic carbocycles. The van der Waals surface area contributed by atoms with Gasteiger partial charge in [0.2, 0.25) is 15.9 Å². The van der Waals surface area contributed by atoms with Gasteiger partial charge in [0.25, 0.3) is 5.56 Å². The van der Waals surface area contributed by atoms with Gasteiger partial charge in [-0.3, -0.25) is 9.59 Å². The Hall–Kier alpha value is -2.18. The summed E-state index contributed by atoms with van der Waals surface area (Å²) >= 11 is 0. The number of nitrogens with zero attached hydrogens (tertiary/aromatic N) is 3. The van der Waals surface area contributed by atoms with E-state index in [0.29, 0.717) is 25.6 Å². The first-order chi connectivity index (χ1) is 13.3. The Morgan fingerprint density at radius 2 is 1.89 bits per heavy atom. The molecule has 154 valence electrons. The average Bonchev–Trinajstić information content (AvgIpc) is 2.69. The molecule has 1 aliphatic rings. The second kappa shape index (κ2) is 9.85. The Bertz CT molecular complexity index is 876. The largest absolute Gasteiger partial charge is 0.354 e. The normalized spacial score (nSPS) is 19.9. The van der Waals surface area contributed by atoms with Gasteiger partial charge in [-0.15, -0.1) is 0 Å². The molecule has 1 aliphatic carbocycles. The maximum absolute atomic E-state index is 12.6. The van der Waals surface area contributed by atoms with Gasteiger partial charge >= 0.3 is 0 Å². The molecule has 8 nitrogen and oxygen atoms in total.